The van der Waals surface area contributed by atoms with Gasteiger partial charge in [-0.15, -0.1) is 0 Å². The van der Waals surface area contributed by atoms with Crippen molar-refractivity contribution in [1.29, 1.82) is 0 Å². The van der Waals surface area contributed by atoms with E-state index in [1.165, 1.54) is 117 Å². The summed E-state index contributed by atoms with van der Waals surface area (Å²) < 4.78 is 15.9. The summed E-state index contributed by atoms with van der Waals surface area (Å²) in [6.45, 7) is 0. The van der Waals surface area contributed by atoms with Crippen molar-refractivity contribution in [3.05, 3.63) is 346 Å². The lowest BCUT2D eigenvalue weighted by molar-refractivity contribution is 0.668. The van der Waals surface area contributed by atoms with E-state index < -0.39 is 24.2 Å². The molecule has 21 rings (SSSR count). The van der Waals surface area contributed by atoms with E-state index in [4.69, 9.17) is 8.83 Å². The number of hydrogen-bond donors (Lipinski definition) is 0. The van der Waals surface area contributed by atoms with Crippen LogP contribution >= 0.6 is 0 Å². The van der Waals surface area contributed by atoms with Gasteiger partial charge in [-0.25, -0.2) is 0 Å². The fourth-order valence-corrected chi connectivity index (χ4v) is 33.7. The van der Waals surface area contributed by atoms with E-state index in [1.54, 1.807) is 0 Å². The van der Waals surface area contributed by atoms with E-state index in [0.717, 1.165) is 60.7 Å². The first-order valence-electron chi connectivity index (χ1n) is 33.4. The van der Waals surface area contributed by atoms with Crippen molar-refractivity contribution in [2.75, 3.05) is 0 Å². The highest BCUT2D eigenvalue weighted by atomic mass is 28.3. The standard InChI is InChI=1S/C90H57NO2Si3/c1-3-21-60(22-4-1)91-79-49-44-63(94(61-23-5-2-6-24-61)85-33-15-8-26-69(85)70-27-9-16-34-86(70)94)54-75(79)76-55-64(45-50-80(76)91)95(87-35-17-10-28-71(87)72-29-11-18-36-88(72)95)62-42-39-58(40-43-62)59-41-48-68-78-57-66(47-52-83(78)93-84(68)53-59)96(89-37-19-12-30-73(89)74-31-13-20-38-90(74)96)65-46-51-82-77(56-65)67-25-7-14-32-81(67)92-82/h1-57H. The fourth-order valence-electron chi connectivity index (χ4n) is 18.2. The summed E-state index contributed by atoms with van der Waals surface area (Å²) in [5.41, 5.74) is 17.4. The molecule has 18 aromatic rings. The number of para-hydroxylation sites is 2. The Morgan fingerprint density at radius 1 is 0.198 bits per heavy atom. The van der Waals surface area contributed by atoms with E-state index in [2.05, 4.69) is 350 Å². The SMILES string of the molecule is c1ccc(-n2c3ccc([Si]4(c5ccccc5)c5ccccc5-c5ccccc54)cc3c3cc([Si]4(c5ccc(-c6ccc7c(c6)oc6ccc([Si]8(c9ccc%10oc%11ccccc%11c%10c9)c9ccccc9-c9ccccc98)cc67)cc5)c5ccccc5-c5ccccc54)ccc32)cc1. The maximum Gasteiger partial charge on any atom is 0.180 e. The lowest BCUT2D eigenvalue weighted by atomic mass is 10.0. The molecule has 0 bridgehead atoms. The van der Waals surface area contributed by atoms with Gasteiger partial charge in [0.1, 0.15) is 22.3 Å². The Labute approximate surface area is 557 Å². The van der Waals surface area contributed by atoms with Crippen LogP contribution in [0.15, 0.2) is 355 Å². The highest BCUT2D eigenvalue weighted by molar-refractivity contribution is 7.23. The lowest BCUT2D eigenvalue weighted by Gasteiger charge is -2.32. The van der Waals surface area contributed by atoms with E-state index >= 15 is 0 Å². The summed E-state index contributed by atoms with van der Waals surface area (Å²) in [5, 5.41) is 23.8. The van der Waals surface area contributed by atoms with Crippen LogP contribution in [0.5, 0.6) is 0 Å². The van der Waals surface area contributed by atoms with Gasteiger partial charge in [-0.1, -0.05) is 291 Å². The highest BCUT2D eigenvalue weighted by Gasteiger charge is 2.52. The van der Waals surface area contributed by atoms with Gasteiger partial charge in [0.2, 0.25) is 0 Å². The molecule has 96 heavy (non-hydrogen) atoms. The Kier molecular flexibility index (Phi) is 11.3. The van der Waals surface area contributed by atoms with Crippen molar-refractivity contribution >= 4 is 152 Å². The van der Waals surface area contributed by atoms with Gasteiger partial charge in [0, 0.05) is 38.0 Å². The number of nitrogens with zero attached hydrogens (tertiary/aromatic N) is 1. The van der Waals surface area contributed by atoms with Gasteiger partial charge in [0.05, 0.1) is 11.0 Å². The smallest absolute Gasteiger partial charge is 0.180 e. The molecule has 0 aliphatic carbocycles. The van der Waals surface area contributed by atoms with E-state index in [1.807, 2.05) is 0 Å². The molecule has 3 aliphatic heterocycles. The van der Waals surface area contributed by atoms with Crippen molar-refractivity contribution in [1.82, 2.24) is 4.57 Å². The van der Waals surface area contributed by atoms with Crippen LogP contribution in [-0.2, 0) is 0 Å². The molecule has 0 amide bonds. The molecule has 3 nitrogen and oxygen atoms in total. The molecule has 0 atom stereocenters. The quantitative estimate of drug-likeness (QED) is 0.142. The van der Waals surface area contributed by atoms with Crippen molar-refractivity contribution in [3.63, 3.8) is 0 Å². The second-order valence-corrected chi connectivity index (χ2v) is 37.6. The van der Waals surface area contributed by atoms with Crippen LogP contribution in [-0.4, -0.2) is 28.8 Å². The van der Waals surface area contributed by atoms with Crippen molar-refractivity contribution in [3.8, 4) is 50.2 Å². The zero-order valence-corrected chi connectivity index (χ0v) is 55.2. The summed E-state index contributed by atoms with van der Waals surface area (Å²) in [6.07, 6.45) is 0. The predicted molar refractivity (Wildman–Crippen MR) is 409 cm³/mol. The monoisotopic (exact) mass is 1270 g/mol. The number of rotatable bonds is 8. The summed E-state index contributed by atoms with van der Waals surface area (Å²) in [6, 6.07) is 132. The zero-order valence-electron chi connectivity index (χ0n) is 52.2. The van der Waals surface area contributed by atoms with Crippen LogP contribution in [0.3, 0.4) is 0 Å². The van der Waals surface area contributed by atoms with Crippen molar-refractivity contribution in [2.24, 2.45) is 0 Å². The summed E-state index contributed by atoms with van der Waals surface area (Å²) in [7, 11) is -8.75. The molecule has 6 heterocycles. The van der Waals surface area contributed by atoms with Crippen molar-refractivity contribution in [2.45, 2.75) is 0 Å². The maximum atomic E-state index is 6.96. The number of furan rings is 2. The van der Waals surface area contributed by atoms with Gasteiger partial charge >= 0.3 is 0 Å². The third-order valence-corrected chi connectivity index (χ3v) is 36.6. The molecular weight excluding hydrogens is 1210 g/mol. The van der Waals surface area contributed by atoms with E-state index in [9.17, 15) is 0 Å². The fraction of sp³-hybridized carbons (Fsp3) is 0. The minimum atomic E-state index is -3.03. The first kappa shape index (κ1) is 53.8. The number of fused-ring (bicyclic) bond motifs is 18. The topological polar surface area (TPSA) is 31.2 Å². The molecule has 0 unspecified atom stereocenters. The van der Waals surface area contributed by atoms with Gasteiger partial charge in [0.25, 0.3) is 0 Å². The Hall–Kier alpha value is -11.6. The molecule has 3 aliphatic rings. The lowest BCUT2D eigenvalue weighted by Crippen LogP contribution is -2.72. The van der Waals surface area contributed by atoms with Crippen LogP contribution in [0, 0.1) is 0 Å². The minimum Gasteiger partial charge on any atom is -0.456 e. The summed E-state index contributed by atoms with van der Waals surface area (Å²) >= 11 is 0. The molecule has 0 saturated heterocycles. The van der Waals surface area contributed by atoms with Gasteiger partial charge < -0.3 is 13.4 Å². The number of hydrogen-bond acceptors (Lipinski definition) is 2. The first-order chi connectivity index (χ1) is 47.6. The molecule has 0 spiro atoms. The molecule has 3 aromatic heterocycles. The van der Waals surface area contributed by atoms with Crippen LogP contribution in [0.1, 0.15) is 0 Å². The average molecular weight is 1270 g/mol. The molecule has 0 radical (unpaired) electrons. The second-order valence-electron chi connectivity index (χ2n) is 26.4. The minimum absolute atomic E-state index is 0.882. The zero-order chi connectivity index (χ0) is 62.8. The first-order valence-corrected chi connectivity index (χ1v) is 39.4. The van der Waals surface area contributed by atoms with Crippen LogP contribution in [0.4, 0.5) is 0 Å². The van der Waals surface area contributed by atoms with E-state index in [-0.39, 0.29) is 0 Å². The van der Waals surface area contributed by atoms with Gasteiger partial charge in [-0.05, 0) is 161 Å². The molecule has 15 aromatic carbocycles. The van der Waals surface area contributed by atoms with Gasteiger partial charge in [-0.2, -0.15) is 0 Å². The maximum absolute atomic E-state index is 6.96. The summed E-state index contributed by atoms with van der Waals surface area (Å²) in [5.74, 6) is 0. The molecule has 0 saturated carbocycles. The van der Waals surface area contributed by atoms with Crippen LogP contribution < -0.4 is 62.2 Å². The van der Waals surface area contributed by atoms with Crippen LogP contribution in [0.25, 0.3) is 116 Å². The normalized spacial score (nSPS) is 14.3. The van der Waals surface area contributed by atoms with Gasteiger partial charge in [0.15, 0.2) is 24.2 Å². The third-order valence-electron chi connectivity index (χ3n) is 22.1. The summed E-state index contributed by atoms with van der Waals surface area (Å²) in [4.78, 5) is 0. The second kappa shape index (κ2) is 20.2. The molecular formula is C90H57NO2Si3. The Bertz CT molecular complexity index is 6160. The molecule has 6 heteroatoms. The Morgan fingerprint density at radius 3 is 0.990 bits per heavy atom. The highest BCUT2D eigenvalue weighted by Crippen LogP contribution is 2.39. The Balaban J connectivity index is 0.726. The largest absolute Gasteiger partial charge is 0.456 e. The number of benzene rings is 15. The molecule has 446 valence electrons. The van der Waals surface area contributed by atoms with E-state index in [0.29, 0.717) is 0 Å². The molecule has 0 N–H and O–H groups in total. The third kappa shape index (κ3) is 7.14. The number of aromatic nitrogens is 1. The van der Waals surface area contributed by atoms with Crippen LogP contribution in [0.2, 0.25) is 0 Å². The van der Waals surface area contributed by atoms with Crippen molar-refractivity contribution < 1.29 is 8.83 Å². The average Bonchev–Trinajstić information content (AvgIpc) is 1.51. The van der Waals surface area contributed by atoms with Gasteiger partial charge in [-0.3, -0.25) is 0 Å². The molecule has 0 fully saturated rings. The predicted octanol–water partition coefficient (Wildman–Crippen LogP) is 14.3. The Morgan fingerprint density at radius 2 is 0.521 bits per heavy atom.